The number of halogens is 1. The molecule has 1 aromatic heterocycles. The fourth-order valence-electron chi connectivity index (χ4n) is 1.77. The zero-order chi connectivity index (χ0) is 12.4. The Morgan fingerprint density at radius 3 is 2.50 bits per heavy atom. The standard InChI is InChI=1S/C14H10ClN3/c15-10-5-7-11(8-6-10)18-14-12-3-1-2-4-13(12)16-9-17-14/h1-9H,(H,16,17,18). The smallest absolute Gasteiger partial charge is 0.141 e. The number of benzene rings is 2. The molecule has 0 unspecified atom stereocenters. The summed E-state index contributed by atoms with van der Waals surface area (Å²) in [7, 11) is 0. The third-order valence-electron chi connectivity index (χ3n) is 2.65. The third-order valence-corrected chi connectivity index (χ3v) is 2.90. The van der Waals surface area contributed by atoms with Gasteiger partial charge in [-0.15, -0.1) is 0 Å². The van der Waals surface area contributed by atoms with Gasteiger partial charge in [0.15, 0.2) is 0 Å². The predicted octanol–water partition coefficient (Wildman–Crippen LogP) is 4.03. The van der Waals surface area contributed by atoms with Crippen molar-refractivity contribution in [3.63, 3.8) is 0 Å². The minimum Gasteiger partial charge on any atom is -0.340 e. The van der Waals surface area contributed by atoms with Gasteiger partial charge in [-0.2, -0.15) is 0 Å². The lowest BCUT2D eigenvalue weighted by Crippen LogP contribution is -1.95. The molecular weight excluding hydrogens is 246 g/mol. The highest BCUT2D eigenvalue weighted by atomic mass is 35.5. The van der Waals surface area contributed by atoms with Gasteiger partial charge in [0.25, 0.3) is 0 Å². The van der Waals surface area contributed by atoms with E-state index >= 15 is 0 Å². The molecular formula is C14H10ClN3. The molecule has 0 bridgehead atoms. The molecule has 0 amide bonds. The Kier molecular flexibility index (Phi) is 2.82. The Morgan fingerprint density at radius 2 is 1.67 bits per heavy atom. The topological polar surface area (TPSA) is 37.8 Å². The van der Waals surface area contributed by atoms with Crippen LogP contribution in [0.2, 0.25) is 5.02 Å². The molecule has 0 saturated heterocycles. The zero-order valence-electron chi connectivity index (χ0n) is 9.47. The van der Waals surface area contributed by atoms with Crippen molar-refractivity contribution in [1.82, 2.24) is 9.97 Å². The molecule has 0 radical (unpaired) electrons. The third kappa shape index (κ3) is 2.13. The monoisotopic (exact) mass is 255 g/mol. The lowest BCUT2D eigenvalue weighted by molar-refractivity contribution is 1.22. The van der Waals surface area contributed by atoms with Crippen molar-refractivity contribution in [2.75, 3.05) is 5.32 Å². The van der Waals surface area contributed by atoms with Gasteiger partial charge in [-0.1, -0.05) is 23.7 Å². The molecule has 3 rings (SSSR count). The van der Waals surface area contributed by atoms with E-state index in [1.54, 1.807) is 6.33 Å². The highest BCUT2D eigenvalue weighted by Gasteiger charge is 2.02. The maximum Gasteiger partial charge on any atom is 0.141 e. The summed E-state index contributed by atoms with van der Waals surface area (Å²) in [6.45, 7) is 0. The molecule has 4 heteroatoms. The SMILES string of the molecule is Clc1ccc(Nc2ncnc3ccccc23)cc1. The van der Waals surface area contributed by atoms with Crippen LogP contribution in [0.25, 0.3) is 10.9 Å². The molecule has 18 heavy (non-hydrogen) atoms. The Balaban J connectivity index is 2.02. The van der Waals surface area contributed by atoms with Gasteiger partial charge >= 0.3 is 0 Å². The van der Waals surface area contributed by atoms with Gasteiger partial charge in [0.2, 0.25) is 0 Å². The van der Waals surface area contributed by atoms with Crippen LogP contribution in [0.4, 0.5) is 11.5 Å². The van der Waals surface area contributed by atoms with Gasteiger partial charge in [0, 0.05) is 16.1 Å². The summed E-state index contributed by atoms with van der Waals surface area (Å²) in [5, 5.41) is 4.98. The fraction of sp³-hybridized carbons (Fsp3) is 0. The number of hydrogen-bond acceptors (Lipinski definition) is 3. The summed E-state index contributed by atoms with van der Waals surface area (Å²) in [6.07, 6.45) is 1.56. The van der Waals surface area contributed by atoms with Crippen molar-refractivity contribution in [3.05, 3.63) is 59.9 Å². The van der Waals surface area contributed by atoms with Crippen molar-refractivity contribution in [2.24, 2.45) is 0 Å². The van der Waals surface area contributed by atoms with Crippen molar-refractivity contribution in [3.8, 4) is 0 Å². The van der Waals surface area contributed by atoms with Gasteiger partial charge in [-0.05, 0) is 36.4 Å². The highest BCUT2D eigenvalue weighted by molar-refractivity contribution is 6.30. The van der Waals surface area contributed by atoms with Crippen LogP contribution >= 0.6 is 11.6 Å². The molecule has 1 heterocycles. The maximum atomic E-state index is 5.86. The first-order valence-corrected chi connectivity index (χ1v) is 5.93. The highest BCUT2D eigenvalue weighted by Crippen LogP contribution is 2.23. The Labute approximate surface area is 109 Å². The quantitative estimate of drug-likeness (QED) is 0.751. The minimum atomic E-state index is 0.716. The van der Waals surface area contributed by atoms with E-state index in [1.807, 2.05) is 48.5 Å². The van der Waals surface area contributed by atoms with E-state index in [0.29, 0.717) is 5.02 Å². The van der Waals surface area contributed by atoms with Gasteiger partial charge in [-0.25, -0.2) is 9.97 Å². The molecule has 88 valence electrons. The lowest BCUT2D eigenvalue weighted by Gasteiger charge is -2.07. The summed E-state index contributed by atoms with van der Waals surface area (Å²) in [5.74, 6) is 0.794. The van der Waals surface area contributed by atoms with Crippen molar-refractivity contribution >= 4 is 34.0 Å². The molecule has 2 aromatic carbocycles. The summed E-state index contributed by atoms with van der Waals surface area (Å²) in [5.41, 5.74) is 1.87. The molecule has 0 aliphatic rings. The average molecular weight is 256 g/mol. The van der Waals surface area contributed by atoms with Crippen molar-refractivity contribution in [1.29, 1.82) is 0 Å². The first-order valence-electron chi connectivity index (χ1n) is 5.55. The van der Waals surface area contributed by atoms with Crippen LogP contribution in [0.5, 0.6) is 0 Å². The zero-order valence-corrected chi connectivity index (χ0v) is 10.2. The van der Waals surface area contributed by atoms with Crippen LogP contribution in [0.1, 0.15) is 0 Å². The fourth-order valence-corrected chi connectivity index (χ4v) is 1.90. The molecule has 0 fully saturated rings. The van der Waals surface area contributed by atoms with Crippen molar-refractivity contribution in [2.45, 2.75) is 0 Å². The molecule has 0 spiro atoms. The van der Waals surface area contributed by atoms with E-state index < -0.39 is 0 Å². The minimum absolute atomic E-state index is 0.716. The number of fused-ring (bicyclic) bond motifs is 1. The van der Waals surface area contributed by atoms with Crippen LogP contribution in [-0.4, -0.2) is 9.97 Å². The largest absolute Gasteiger partial charge is 0.340 e. The Bertz CT molecular complexity index is 675. The average Bonchev–Trinajstić information content (AvgIpc) is 2.42. The van der Waals surface area contributed by atoms with E-state index in [0.717, 1.165) is 22.4 Å². The molecule has 1 N–H and O–H groups in total. The molecule has 0 saturated carbocycles. The van der Waals surface area contributed by atoms with Crippen LogP contribution in [0.3, 0.4) is 0 Å². The van der Waals surface area contributed by atoms with E-state index in [2.05, 4.69) is 15.3 Å². The van der Waals surface area contributed by atoms with Gasteiger partial charge in [-0.3, -0.25) is 0 Å². The Hall–Kier alpha value is -2.13. The van der Waals surface area contributed by atoms with Crippen LogP contribution in [-0.2, 0) is 0 Å². The van der Waals surface area contributed by atoms with Crippen LogP contribution < -0.4 is 5.32 Å². The van der Waals surface area contributed by atoms with Crippen molar-refractivity contribution < 1.29 is 0 Å². The second-order valence-corrected chi connectivity index (χ2v) is 4.31. The summed E-state index contributed by atoms with van der Waals surface area (Å²) in [6, 6.07) is 15.4. The normalized spacial score (nSPS) is 10.5. The molecule has 0 aliphatic carbocycles. The van der Waals surface area contributed by atoms with Gasteiger partial charge < -0.3 is 5.32 Å². The molecule has 3 nitrogen and oxygen atoms in total. The van der Waals surface area contributed by atoms with E-state index in [9.17, 15) is 0 Å². The second-order valence-electron chi connectivity index (χ2n) is 3.87. The first kappa shape index (κ1) is 11.0. The number of aromatic nitrogens is 2. The Morgan fingerprint density at radius 1 is 0.889 bits per heavy atom. The van der Waals surface area contributed by atoms with Gasteiger partial charge in [0.05, 0.1) is 5.52 Å². The number of rotatable bonds is 2. The van der Waals surface area contributed by atoms with E-state index in [-0.39, 0.29) is 0 Å². The first-order chi connectivity index (χ1) is 8.83. The lowest BCUT2D eigenvalue weighted by atomic mass is 10.2. The predicted molar refractivity (Wildman–Crippen MR) is 74.3 cm³/mol. The maximum absolute atomic E-state index is 5.86. The second kappa shape index (κ2) is 4.63. The number of nitrogens with zero attached hydrogens (tertiary/aromatic N) is 2. The van der Waals surface area contributed by atoms with E-state index in [1.165, 1.54) is 0 Å². The molecule has 0 atom stereocenters. The summed E-state index contributed by atoms with van der Waals surface area (Å²) >= 11 is 5.86. The summed E-state index contributed by atoms with van der Waals surface area (Å²) in [4.78, 5) is 8.49. The summed E-state index contributed by atoms with van der Waals surface area (Å²) < 4.78 is 0. The number of para-hydroxylation sites is 1. The number of nitrogens with one attached hydrogen (secondary N) is 1. The number of anilines is 2. The molecule has 3 aromatic rings. The number of hydrogen-bond donors (Lipinski definition) is 1. The van der Waals surface area contributed by atoms with Crippen LogP contribution in [0.15, 0.2) is 54.9 Å². The van der Waals surface area contributed by atoms with Crippen LogP contribution in [0, 0.1) is 0 Å². The van der Waals surface area contributed by atoms with E-state index in [4.69, 9.17) is 11.6 Å². The molecule has 0 aliphatic heterocycles. The van der Waals surface area contributed by atoms with Gasteiger partial charge in [0.1, 0.15) is 12.1 Å².